The van der Waals surface area contributed by atoms with E-state index in [4.69, 9.17) is 4.74 Å². The van der Waals surface area contributed by atoms with Crippen LogP contribution in [-0.2, 0) is 9.53 Å². The highest BCUT2D eigenvalue weighted by Crippen LogP contribution is 2.33. The predicted molar refractivity (Wildman–Crippen MR) is 137 cm³/mol. The summed E-state index contributed by atoms with van der Waals surface area (Å²) in [5, 5.41) is 31.2. The fourth-order valence-corrected chi connectivity index (χ4v) is 4.94. The van der Waals surface area contributed by atoms with Crippen LogP contribution in [-0.4, -0.2) is 82.7 Å². The van der Waals surface area contributed by atoms with E-state index in [1.54, 1.807) is 49.1 Å². The van der Waals surface area contributed by atoms with Crippen LogP contribution in [0, 0.1) is 11.3 Å². The lowest BCUT2D eigenvalue weighted by Crippen LogP contribution is -2.48. The van der Waals surface area contributed by atoms with E-state index in [1.807, 2.05) is 6.07 Å². The lowest BCUT2D eigenvalue weighted by molar-refractivity contribution is -0.131. The highest BCUT2D eigenvalue weighted by Gasteiger charge is 2.43. The summed E-state index contributed by atoms with van der Waals surface area (Å²) < 4.78 is 32.9. The molecule has 9 nitrogen and oxygen atoms in total. The second-order valence-electron chi connectivity index (χ2n) is 10.4. The number of nitriles is 1. The van der Waals surface area contributed by atoms with E-state index in [9.17, 15) is 33.7 Å². The Labute approximate surface area is 222 Å². The molecule has 1 aromatic rings. The molecule has 2 aliphatic rings. The van der Waals surface area contributed by atoms with Gasteiger partial charge in [-0.3, -0.25) is 9.69 Å². The quantitative estimate of drug-likeness (QED) is 0.254. The summed E-state index contributed by atoms with van der Waals surface area (Å²) >= 11 is 0. The molecule has 0 spiro atoms. The maximum absolute atomic E-state index is 13.8. The second kappa shape index (κ2) is 12.7. The van der Waals surface area contributed by atoms with E-state index in [2.05, 4.69) is 5.32 Å². The summed E-state index contributed by atoms with van der Waals surface area (Å²) in [6, 6.07) is 9.60. The molecule has 0 aromatic heterocycles. The SMILES string of the molecule is CC(C)(/C=C(/C#N)C(=O)N1CCCC[C@@H]1COC(=O)N[C@H](CB(O)O)c1ccccc1)N1CCC(F)(F)C1. The molecule has 2 aliphatic heterocycles. The van der Waals surface area contributed by atoms with Gasteiger partial charge in [0.1, 0.15) is 18.2 Å². The number of rotatable bonds is 9. The van der Waals surface area contributed by atoms with Crippen molar-refractivity contribution in [3.63, 3.8) is 0 Å². The zero-order valence-electron chi connectivity index (χ0n) is 21.8. The van der Waals surface area contributed by atoms with Gasteiger partial charge in [-0.25, -0.2) is 13.6 Å². The fraction of sp³-hybridized carbons (Fsp3) is 0.577. The molecule has 0 saturated carbocycles. The molecule has 2 atom stereocenters. The van der Waals surface area contributed by atoms with Crippen molar-refractivity contribution in [3.05, 3.63) is 47.5 Å². The number of hydrogen-bond acceptors (Lipinski definition) is 7. The third kappa shape index (κ3) is 8.00. The van der Waals surface area contributed by atoms with Crippen LogP contribution >= 0.6 is 0 Å². The molecular formula is C26H35BF2N4O5. The molecule has 0 aliphatic carbocycles. The second-order valence-corrected chi connectivity index (χ2v) is 10.4. The van der Waals surface area contributed by atoms with E-state index < -0.39 is 49.2 Å². The molecule has 0 unspecified atom stereocenters. The van der Waals surface area contributed by atoms with E-state index >= 15 is 0 Å². The Kier molecular flexibility index (Phi) is 9.87. The number of amides is 2. The van der Waals surface area contributed by atoms with Gasteiger partial charge >= 0.3 is 13.2 Å². The molecular weight excluding hydrogens is 497 g/mol. The van der Waals surface area contributed by atoms with Crippen LogP contribution in [0.2, 0.25) is 6.32 Å². The first kappa shape index (κ1) is 29.5. The number of ether oxygens (including phenoxy) is 1. The zero-order valence-corrected chi connectivity index (χ0v) is 21.8. The highest BCUT2D eigenvalue weighted by molar-refractivity contribution is 6.41. The Morgan fingerprint density at radius 1 is 1.29 bits per heavy atom. The Morgan fingerprint density at radius 3 is 2.61 bits per heavy atom. The van der Waals surface area contributed by atoms with Crippen molar-refractivity contribution in [2.24, 2.45) is 0 Å². The van der Waals surface area contributed by atoms with Gasteiger partial charge in [-0.2, -0.15) is 5.26 Å². The Bertz CT molecular complexity index is 1050. The summed E-state index contributed by atoms with van der Waals surface area (Å²) in [5.74, 6) is -3.32. The third-order valence-electron chi connectivity index (χ3n) is 7.07. The summed E-state index contributed by atoms with van der Waals surface area (Å²) in [4.78, 5) is 29.0. The van der Waals surface area contributed by atoms with Crippen molar-refractivity contribution >= 4 is 19.1 Å². The smallest absolute Gasteiger partial charge is 0.447 e. The number of alkyl carbamates (subject to hydrolysis) is 1. The summed E-state index contributed by atoms with van der Waals surface area (Å²) in [7, 11) is -1.64. The normalized spacial score (nSPS) is 20.9. The van der Waals surface area contributed by atoms with E-state index in [-0.39, 0.29) is 31.5 Å². The molecule has 1 aromatic carbocycles. The van der Waals surface area contributed by atoms with Crippen molar-refractivity contribution in [1.82, 2.24) is 15.1 Å². The molecule has 206 valence electrons. The number of piperidine rings is 1. The first-order valence-electron chi connectivity index (χ1n) is 12.8. The molecule has 2 saturated heterocycles. The van der Waals surface area contributed by atoms with Gasteiger partial charge in [-0.15, -0.1) is 0 Å². The van der Waals surface area contributed by atoms with E-state index in [0.717, 1.165) is 12.8 Å². The molecule has 2 heterocycles. The maximum atomic E-state index is 13.8. The molecule has 2 fully saturated rings. The fourth-order valence-electron chi connectivity index (χ4n) is 4.94. The highest BCUT2D eigenvalue weighted by atomic mass is 19.3. The van der Waals surface area contributed by atoms with Crippen molar-refractivity contribution in [1.29, 1.82) is 5.26 Å². The van der Waals surface area contributed by atoms with Crippen LogP contribution in [0.1, 0.15) is 51.1 Å². The molecule has 3 rings (SSSR count). The van der Waals surface area contributed by atoms with Gasteiger partial charge in [-0.05, 0) is 44.7 Å². The lowest BCUT2D eigenvalue weighted by atomic mass is 9.79. The van der Waals surface area contributed by atoms with Gasteiger partial charge in [0.05, 0.1) is 18.6 Å². The molecule has 3 N–H and O–H groups in total. The average molecular weight is 532 g/mol. The Hall–Kier alpha value is -3.01. The number of alkyl halides is 2. The van der Waals surface area contributed by atoms with Crippen LogP contribution < -0.4 is 5.32 Å². The molecule has 38 heavy (non-hydrogen) atoms. The van der Waals surface area contributed by atoms with Crippen molar-refractivity contribution in [2.75, 3.05) is 26.2 Å². The number of carbonyl (C=O) groups excluding carboxylic acids is 2. The number of nitrogens with zero attached hydrogens (tertiary/aromatic N) is 3. The van der Waals surface area contributed by atoms with Crippen LogP contribution in [0.3, 0.4) is 0 Å². The first-order valence-corrected chi connectivity index (χ1v) is 12.8. The Morgan fingerprint density at radius 2 is 2.00 bits per heavy atom. The monoisotopic (exact) mass is 532 g/mol. The zero-order chi connectivity index (χ0) is 27.9. The number of nitrogens with one attached hydrogen (secondary N) is 1. The van der Waals surface area contributed by atoms with Gasteiger partial charge < -0.3 is 25.0 Å². The number of hydrogen-bond donors (Lipinski definition) is 3. The van der Waals surface area contributed by atoms with Crippen molar-refractivity contribution < 1.29 is 33.2 Å². The molecule has 0 bridgehead atoms. The number of likely N-dealkylation sites (tertiary alicyclic amines) is 2. The predicted octanol–water partition coefficient (Wildman–Crippen LogP) is 2.88. The van der Waals surface area contributed by atoms with Crippen molar-refractivity contribution in [2.45, 2.75) is 69.4 Å². The van der Waals surface area contributed by atoms with Crippen LogP contribution in [0.4, 0.5) is 13.6 Å². The minimum atomic E-state index is -2.80. The van der Waals surface area contributed by atoms with Gasteiger partial charge in [-0.1, -0.05) is 30.3 Å². The maximum Gasteiger partial charge on any atom is 0.453 e. The number of carbonyl (C=O) groups is 2. The largest absolute Gasteiger partial charge is 0.453 e. The van der Waals surface area contributed by atoms with Crippen LogP contribution in [0.25, 0.3) is 0 Å². The molecule has 2 amide bonds. The van der Waals surface area contributed by atoms with Gasteiger partial charge in [0.15, 0.2) is 0 Å². The van der Waals surface area contributed by atoms with E-state index in [0.29, 0.717) is 18.5 Å². The van der Waals surface area contributed by atoms with Gasteiger partial charge in [0, 0.05) is 31.4 Å². The Balaban J connectivity index is 1.65. The van der Waals surface area contributed by atoms with Gasteiger partial charge in [0.2, 0.25) is 0 Å². The van der Waals surface area contributed by atoms with Gasteiger partial charge in [0.25, 0.3) is 11.8 Å². The summed E-state index contributed by atoms with van der Waals surface area (Å²) in [6.07, 6.45) is 2.36. The average Bonchev–Trinajstić information content (AvgIpc) is 3.26. The van der Waals surface area contributed by atoms with Crippen molar-refractivity contribution in [3.8, 4) is 6.07 Å². The summed E-state index contributed by atoms with van der Waals surface area (Å²) in [6.45, 7) is 3.39. The van der Waals surface area contributed by atoms with Crippen LogP contribution in [0.5, 0.6) is 0 Å². The standard InChI is InChI=1S/C26H35BF2N4O5/c1-25(2,32-13-11-26(28,29)18-32)14-20(16-30)23(34)33-12-7-6-10-21(33)17-38-24(35)31-22(15-27(36)37)19-8-4-3-5-9-19/h3-5,8-9,14,21-22,36-37H,6-7,10-13,15,17-18H2,1-2H3,(H,31,35)/b20-14-/t21-,22-/m1/s1. The lowest BCUT2D eigenvalue weighted by Gasteiger charge is -2.36. The topological polar surface area (TPSA) is 126 Å². The van der Waals surface area contributed by atoms with E-state index in [1.165, 1.54) is 11.0 Å². The first-order chi connectivity index (χ1) is 17.9. The van der Waals surface area contributed by atoms with Crippen LogP contribution in [0.15, 0.2) is 42.0 Å². The molecule has 12 heteroatoms. The minimum Gasteiger partial charge on any atom is -0.447 e. The molecule has 0 radical (unpaired) electrons. The third-order valence-corrected chi connectivity index (χ3v) is 7.07. The minimum absolute atomic E-state index is 0.110. The number of halogens is 2. The summed E-state index contributed by atoms with van der Waals surface area (Å²) in [5.41, 5.74) is -0.386. The number of benzene rings is 1.